The Balaban J connectivity index is 1.75. The minimum absolute atomic E-state index is 0.0555. The lowest BCUT2D eigenvalue weighted by molar-refractivity contribution is -0.870. The van der Waals surface area contributed by atoms with Gasteiger partial charge in [0.2, 0.25) is 0 Å². The molecule has 0 spiro atoms. The summed E-state index contributed by atoms with van der Waals surface area (Å²) in [6, 6.07) is 11.5. The highest BCUT2D eigenvalue weighted by atomic mass is 16.5. The molecule has 0 saturated carbocycles. The predicted molar refractivity (Wildman–Crippen MR) is 112 cm³/mol. The molecule has 0 unspecified atom stereocenters. The molecule has 5 heteroatoms. The zero-order chi connectivity index (χ0) is 20.5. The Kier molecular flexibility index (Phi) is 5.50. The highest BCUT2D eigenvalue weighted by Crippen LogP contribution is 2.40. The van der Waals surface area contributed by atoms with Crippen molar-refractivity contribution >= 4 is 5.78 Å². The largest absolute Gasteiger partial charge is 0.488 e. The number of ether oxygens (including phenoxy) is 2. The number of nitrogens with zero attached hydrogens (tertiary/aromatic N) is 2. The van der Waals surface area contributed by atoms with Gasteiger partial charge in [0.1, 0.15) is 37.8 Å². The second kappa shape index (κ2) is 7.57. The highest BCUT2D eigenvalue weighted by Gasteiger charge is 2.27. The lowest BCUT2D eigenvalue weighted by Crippen LogP contribution is -2.38. The summed E-state index contributed by atoms with van der Waals surface area (Å²) in [4.78, 5) is 12.8. The maximum Gasteiger partial charge on any atom is 0.194 e. The van der Waals surface area contributed by atoms with Crippen molar-refractivity contribution < 1.29 is 23.2 Å². The molecular formula is C23H32N2O3+2. The van der Waals surface area contributed by atoms with E-state index >= 15 is 0 Å². The van der Waals surface area contributed by atoms with Gasteiger partial charge in [-0.1, -0.05) is 0 Å². The average Bonchev–Trinajstić information content (AvgIpc) is 2.85. The fourth-order valence-corrected chi connectivity index (χ4v) is 3.09. The lowest BCUT2D eigenvalue weighted by Gasteiger charge is -2.23. The number of benzene rings is 2. The van der Waals surface area contributed by atoms with Crippen molar-refractivity contribution in [1.82, 2.24) is 0 Å². The van der Waals surface area contributed by atoms with Gasteiger partial charge in [-0.25, -0.2) is 0 Å². The zero-order valence-corrected chi connectivity index (χ0v) is 17.9. The van der Waals surface area contributed by atoms with Crippen LogP contribution >= 0.6 is 0 Å². The Bertz CT molecular complexity index is 876. The van der Waals surface area contributed by atoms with Crippen LogP contribution in [0.3, 0.4) is 0 Å². The standard InChI is InChI=1S/C23H32N2O3/c1-24(2,3)11-13-27-17-8-10-20-21(15-17)19-9-7-18(16-22(19)23(20)26)28-14-12-25(4,5)6/h7-10,15-16H,11-14H2,1-6H3/q+2. The Morgan fingerprint density at radius 3 is 1.61 bits per heavy atom. The summed E-state index contributed by atoms with van der Waals surface area (Å²) in [7, 11) is 12.8. The molecule has 0 heterocycles. The molecule has 0 N–H and O–H groups in total. The van der Waals surface area contributed by atoms with Crippen molar-refractivity contribution in [2.45, 2.75) is 0 Å². The van der Waals surface area contributed by atoms with E-state index in [4.69, 9.17) is 9.47 Å². The third-order valence-corrected chi connectivity index (χ3v) is 4.82. The van der Waals surface area contributed by atoms with E-state index in [2.05, 4.69) is 42.3 Å². The second-order valence-electron chi connectivity index (χ2n) is 9.47. The number of quaternary nitrogens is 2. The van der Waals surface area contributed by atoms with E-state index < -0.39 is 0 Å². The van der Waals surface area contributed by atoms with E-state index in [9.17, 15) is 4.79 Å². The van der Waals surface area contributed by atoms with Gasteiger partial charge in [-0.3, -0.25) is 4.79 Å². The third kappa shape index (κ3) is 4.91. The lowest BCUT2D eigenvalue weighted by atomic mass is 10.1. The molecule has 150 valence electrons. The maximum atomic E-state index is 12.8. The van der Waals surface area contributed by atoms with Crippen molar-refractivity contribution in [3.8, 4) is 22.6 Å². The van der Waals surface area contributed by atoms with Gasteiger partial charge in [-0.2, -0.15) is 0 Å². The summed E-state index contributed by atoms with van der Waals surface area (Å²) in [6.45, 7) is 3.08. The number of hydrogen-bond acceptors (Lipinski definition) is 3. The van der Waals surface area contributed by atoms with Crippen LogP contribution in [0.4, 0.5) is 0 Å². The molecule has 0 aromatic heterocycles. The average molecular weight is 385 g/mol. The molecule has 0 amide bonds. The molecule has 2 aromatic rings. The Morgan fingerprint density at radius 1 is 0.643 bits per heavy atom. The molecular weight excluding hydrogens is 352 g/mol. The molecule has 1 aliphatic rings. The van der Waals surface area contributed by atoms with Crippen molar-refractivity contribution in [2.75, 3.05) is 68.6 Å². The summed E-state index contributed by atoms with van der Waals surface area (Å²) >= 11 is 0. The van der Waals surface area contributed by atoms with Gasteiger partial charge in [0, 0.05) is 11.1 Å². The minimum Gasteiger partial charge on any atom is -0.488 e. The van der Waals surface area contributed by atoms with Crippen LogP contribution in [0.1, 0.15) is 15.9 Å². The van der Waals surface area contributed by atoms with Gasteiger partial charge in [-0.05, 0) is 47.5 Å². The molecule has 0 fully saturated rings. The number of hydrogen-bond donors (Lipinski definition) is 0. The van der Waals surface area contributed by atoms with Crippen LogP contribution in [0.5, 0.6) is 11.5 Å². The van der Waals surface area contributed by atoms with E-state index in [0.717, 1.165) is 50.2 Å². The van der Waals surface area contributed by atoms with Crippen molar-refractivity contribution in [2.24, 2.45) is 0 Å². The van der Waals surface area contributed by atoms with Gasteiger partial charge in [0.15, 0.2) is 5.78 Å². The number of likely N-dealkylation sites (N-methyl/N-ethyl adjacent to an activating group) is 2. The molecule has 5 nitrogen and oxygen atoms in total. The number of carbonyl (C=O) groups excluding carboxylic acids is 1. The van der Waals surface area contributed by atoms with Crippen LogP contribution in [0.15, 0.2) is 36.4 Å². The predicted octanol–water partition coefficient (Wildman–Crippen LogP) is 3.07. The summed E-state index contributed by atoms with van der Waals surface area (Å²) in [5.41, 5.74) is 3.34. The number of ketones is 1. The van der Waals surface area contributed by atoms with Gasteiger partial charge in [0.25, 0.3) is 0 Å². The Hall–Kier alpha value is -2.37. The normalized spacial score (nSPS) is 13.3. The topological polar surface area (TPSA) is 35.5 Å². The first-order chi connectivity index (χ1) is 13.0. The van der Waals surface area contributed by atoms with Crippen LogP contribution in [0.25, 0.3) is 11.1 Å². The van der Waals surface area contributed by atoms with Crippen molar-refractivity contribution in [1.29, 1.82) is 0 Å². The van der Waals surface area contributed by atoms with Gasteiger partial charge in [0.05, 0.1) is 42.3 Å². The zero-order valence-electron chi connectivity index (χ0n) is 17.9. The molecule has 0 aliphatic heterocycles. The first-order valence-corrected chi connectivity index (χ1v) is 9.73. The van der Waals surface area contributed by atoms with E-state index in [-0.39, 0.29) is 5.78 Å². The van der Waals surface area contributed by atoms with Crippen LogP contribution < -0.4 is 9.47 Å². The van der Waals surface area contributed by atoms with Gasteiger partial charge >= 0.3 is 0 Å². The fourth-order valence-electron chi connectivity index (χ4n) is 3.09. The molecule has 0 atom stereocenters. The van der Waals surface area contributed by atoms with Crippen LogP contribution in [0, 0.1) is 0 Å². The van der Waals surface area contributed by atoms with Crippen LogP contribution in [-0.2, 0) is 0 Å². The first-order valence-electron chi connectivity index (χ1n) is 9.73. The highest BCUT2D eigenvalue weighted by molar-refractivity contribution is 6.22. The Labute approximate surface area is 168 Å². The quantitative estimate of drug-likeness (QED) is 0.560. The number of fused-ring (bicyclic) bond motifs is 3. The van der Waals surface area contributed by atoms with E-state index in [0.29, 0.717) is 18.8 Å². The van der Waals surface area contributed by atoms with Crippen LogP contribution in [0.2, 0.25) is 0 Å². The molecule has 28 heavy (non-hydrogen) atoms. The molecule has 2 aromatic carbocycles. The third-order valence-electron chi connectivity index (χ3n) is 4.82. The summed E-state index contributed by atoms with van der Waals surface area (Å²) in [5, 5.41) is 0. The van der Waals surface area contributed by atoms with E-state index in [1.165, 1.54) is 0 Å². The molecule has 0 saturated heterocycles. The molecule has 0 bridgehead atoms. The number of carbonyl (C=O) groups is 1. The SMILES string of the molecule is C[N+](C)(C)CCOc1ccc2c(c1)C(=O)c1ccc(OCC[N+](C)(C)C)cc1-2. The molecule has 3 rings (SSSR count). The maximum absolute atomic E-state index is 12.8. The van der Waals surface area contributed by atoms with Crippen LogP contribution in [-0.4, -0.2) is 83.3 Å². The smallest absolute Gasteiger partial charge is 0.194 e. The van der Waals surface area contributed by atoms with E-state index in [1.54, 1.807) is 0 Å². The van der Waals surface area contributed by atoms with Gasteiger partial charge in [-0.15, -0.1) is 0 Å². The number of rotatable bonds is 8. The van der Waals surface area contributed by atoms with E-state index in [1.807, 2.05) is 36.4 Å². The molecule has 0 radical (unpaired) electrons. The minimum atomic E-state index is 0.0555. The first kappa shape index (κ1) is 20.4. The summed E-state index contributed by atoms with van der Waals surface area (Å²) in [5.74, 6) is 1.60. The van der Waals surface area contributed by atoms with Gasteiger partial charge < -0.3 is 18.4 Å². The van der Waals surface area contributed by atoms with Crippen molar-refractivity contribution in [3.05, 3.63) is 47.5 Å². The van der Waals surface area contributed by atoms with Crippen molar-refractivity contribution in [3.63, 3.8) is 0 Å². The fraction of sp³-hybridized carbons (Fsp3) is 0.435. The molecule has 1 aliphatic carbocycles. The Morgan fingerprint density at radius 2 is 1.11 bits per heavy atom. The second-order valence-corrected chi connectivity index (χ2v) is 9.47. The monoisotopic (exact) mass is 384 g/mol. The summed E-state index contributed by atoms with van der Waals surface area (Å²) < 4.78 is 13.5. The summed E-state index contributed by atoms with van der Waals surface area (Å²) in [6.07, 6.45) is 0.